The van der Waals surface area contributed by atoms with E-state index in [4.69, 9.17) is 14.2 Å². The van der Waals surface area contributed by atoms with E-state index in [2.05, 4.69) is 5.32 Å². The Morgan fingerprint density at radius 3 is 2.14 bits per heavy atom. The first-order chi connectivity index (χ1) is 24.8. The molecule has 1 fully saturated rings. The van der Waals surface area contributed by atoms with Crippen molar-refractivity contribution >= 4 is 11.9 Å². The molecule has 1 aliphatic carbocycles. The molecule has 3 N–H and O–H groups in total. The van der Waals surface area contributed by atoms with Crippen molar-refractivity contribution in [3.8, 4) is 17.2 Å². The maximum Gasteiger partial charge on any atom is 0.320 e. The summed E-state index contributed by atoms with van der Waals surface area (Å²) in [7, 11) is 4.66. The van der Waals surface area contributed by atoms with Crippen molar-refractivity contribution in [2.45, 2.75) is 56.5 Å². The van der Waals surface area contributed by atoms with Crippen LogP contribution in [0.15, 0.2) is 97.1 Å². The molecule has 1 saturated heterocycles. The Hall–Kier alpha value is -5.06. The monoisotopic (exact) mass is 693 g/mol. The number of benzene rings is 4. The number of methoxy groups -OCH3 is 3. The van der Waals surface area contributed by atoms with Gasteiger partial charge in [0.1, 0.15) is 0 Å². The molecule has 10 nitrogen and oxygen atoms in total. The Morgan fingerprint density at radius 2 is 1.49 bits per heavy atom. The molecule has 1 aliphatic heterocycles. The number of nitrogens with zero attached hydrogens (tertiary/aromatic N) is 2. The van der Waals surface area contributed by atoms with Gasteiger partial charge in [0, 0.05) is 32.0 Å². The Morgan fingerprint density at radius 1 is 0.863 bits per heavy atom. The Labute approximate surface area is 299 Å². The molecule has 3 amide bonds. The predicted molar refractivity (Wildman–Crippen MR) is 194 cm³/mol. The van der Waals surface area contributed by atoms with Crippen molar-refractivity contribution in [1.29, 1.82) is 0 Å². The van der Waals surface area contributed by atoms with Crippen molar-refractivity contribution in [2.24, 2.45) is 5.92 Å². The van der Waals surface area contributed by atoms with Crippen LogP contribution in [-0.2, 0) is 30.6 Å². The van der Waals surface area contributed by atoms with Gasteiger partial charge in [0.25, 0.3) is 0 Å². The van der Waals surface area contributed by atoms with Crippen LogP contribution in [0.4, 0.5) is 4.79 Å². The van der Waals surface area contributed by atoms with E-state index in [0.29, 0.717) is 49.6 Å². The molecule has 6 rings (SSSR count). The lowest BCUT2D eigenvalue weighted by Crippen LogP contribution is -2.44. The first kappa shape index (κ1) is 35.8. The van der Waals surface area contributed by atoms with Gasteiger partial charge in [-0.1, -0.05) is 84.9 Å². The van der Waals surface area contributed by atoms with Gasteiger partial charge in [-0.05, 0) is 59.2 Å². The molecule has 4 aromatic rings. The van der Waals surface area contributed by atoms with Gasteiger partial charge in [-0.25, -0.2) is 4.79 Å². The minimum Gasteiger partial charge on any atom is -0.493 e. The molecular formula is C41H47N3O7. The first-order valence-corrected chi connectivity index (χ1v) is 17.4. The summed E-state index contributed by atoms with van der Waals surface area (Å²) in [5.41, 5.74) is 4.79. The molecule has 5 atom stereocenters. The maximum atomic E-state index is 14.1. The summed E-state index contributed by atoms with van der Waals surface area (Å²) in [6.45, 7) is 0.817. The third-order valence-corrected chi connectivity index (χ3v) is 9.96. The van der Waals surface area contributed by atoms with Gasteiger partial charge in [-0.15, -0.1) is 0 Å². The number of hydrogen-bond acceptors (Lipinski definition) is 7. The fourth-order valence-corrected chi connectivity index (χ4v) is 7.47. The largest absolute Gasteiger partial charge is 0.493 e. The third-order valence-electron chi connectivity index (χ3n) is 9.96. The number of fused-ring (bicyclic) bond motifs is 1. The first-order valence-electron chi connectivity index (χ1n) is 17.4. The highest BCUT2D eigenvalue weighted by Crippen LogP contribution is 2.39. The van der Waals surface area contributed by atoms with Crippen molar-refractivity contribution in [3.63, 3.8) is 0 Å². The molecule has 0 spiro atoms. The molecule has 1 heterocycles. The predicted octanol–water partition coefficient (Wildman–Crippen LogP) is 4.95. The van der Waals surface area contributed by atoms with Gasteiger partial charge in [0.05, 0.1) is 45.6 Å². The average molecular weight is 694 g/mol. The highest BCUT2D eigenvalue weighted by Gasteiger charge is 2.39. The molecule has 10 heteroatoms. The number of ether oxygens (including phenoxy) is 3. The minimum absolute atomic E-state index is 0.0650. The van der Waals surface area contributed by atoms with Crippen LogP contribution in [0.25, 0.3) is 0 Å². The zero-order chi connectivity index (χ0) is 35.9. The number of nitrogens with one attached hydrogen (secondary N) is 1. The molecule has 0 bridgehead atoms. The lowest BCUT2D eigenvalue weighted by Gasteiger charge is -2.28. The summed E-state index contributed by atoms with van der Waals surface area (Å²) in [5.74, 6) is 0.647. The summed E-state index contributed by atoms with van der Waals surface area (Å²) in [4.78, 5) is 31.6. The second kappa shape index (κ2) is 16.3. The maximum absolute atomic E-state index is 14.1. The lowest BCUT2D eigenvalue weighted by molar-refractivity contribution is -0.127. The molecule has 0 aromatic heterocycles. The van der Waals surface area contributed by atoms with E-state index in [0.717, 1.165) is 27.8 Å². The Balaban J connectivity index is 1.21. The van der Waals surface area contributed by atoms with E-state index < -0.39 is 24.2 Å². The number of carbonyl (C=O) groups is 2. The van der Waals surface area contributed by atoms with E-state index >= 15 is 0 Å². The molecule has 2 aliphatic rings. The van der Waals surface area contributed by atoms with Crippen LogP contribution in [0.5, 0.6) is 17.2 Å². The molecule has 0 unspecified atom stereocenters. The summed E-state index contributed by atoms with van der Waals surface area (Å²) in [6, 6.07) is 30.2. The van der Waals surface area contributed by atoms with E-state index in [1.54, 1.807) is 31.1 Å². The molecule has 51 heavy (non-hydrogen) atoms. The summed E-state index contributed by atoms with van der Waals surface area (Å²) in [5, 5.41) is 25.6. The summed E-state index contributed by atoms with van der Waals surface area (Å²) < 4.78 is 16.6. The second-order valence-electron chi connectivity index (χ2n) is 13.4. The number of rotatable bonds is 15. The normalized spacial score (nSPS) is 19.4. The quantitative estimate of drug-likeness (QED) is 0.161. The highest BCUT2D eigenvalue weighted by atomic mass is 16.5. The number of aliphatic hydroxyl groups excluding tert-OH is 2. The van der Waals surface area contributed by atoms with Crippen LogP contribution in [0, 0.1) is 5.92 Å². The third kappa shape index (κ3) is 8.30. The minimum atomic E-state index is -0.978. The smallest absolute Gasteiger partial charge is 0.320 e. The Bertz CT molecular complexity index is 1760. The molecule has 0 saturated carbocycles. The van der Waals surface area contributed by atoms with E-state index in [1.807, 2.05) is 97.1 Å². The second-order valence-corrected chi connectivity index (χ2v) is 13.4. The van der Waals surface area contributed by atoms with E-state index in [9.17, 15) is 19.8 Å². The highest BCUT2D eigenvalue weighted by molar-refractivity contribution is 5.80. The standard InChI is InChI=1S/C41H47N3O7/c1-49-36-20-29(21-37(50-2)39(36)51-3)24-43-25-32(19-28-14-8-5-9-15-28)44(41(43)48)26-33(45)22-31(18-27-12-6-4-7-13-27)40(47)42-38-34-17-11-10-16-30(34)23-35(38)46/h4-17,20-21,31-33,35,38,45-46H,18-19,22-26H2,1-3H3,(H,42,47)/t31-,32-,33-,35+,38-/m0/s1. The zero-order valence-electron chi connectivity index (χ0n) is 29.4. The number of β-amino-alcohol motifs (C(OH)–C–C–N with tert-alkyl or cyclic N) is 1. The van der Waals surface area contributed by atoms with Crippen LogP contribution >= 0.6 is 0 Å². The summed E-state index contributed by atoms with van der Waals surface area (Å²) in [6.07, 6.45) is -0.0832. The number of urea groups is 1. The number of carbonyl (C=O) groups excluding carboxylic acids is 2. The van der Waals surface area contributed by atoms with Crippen LogP contribution in [0.1, 0.15) is 40.3 Å². The molecule has 0 radical (unpaired) electrons. The summed E-state index contributed by atoms with van der Waals surface area (Å²) >= 11 is 0. The van der Waals surface area contributed by atoms with Crippen LogP contribution in [0.2, 0.25) is 0 Å². The van der Waals surface area contributed by atoms with Gasteiger partial charge in [-0.2, -0.15) is 0 Å². The average Bonchev–Trinajstić information content (AvgIpc) is 3.61. The van der Waals surface area contributed by atoms with Crippen molar-refractivity contribution < 1.29 is 34.0 Å². The lowest BCUT2D eigenvalue weighted by atomic mass is 9.91. The van der Waals surface area contributed by atoms with E-state index in [1.165, 1.54) is 0 Å². The van der Waals surface area contributed by atoms with Crippen LogP contribution in [0.3, 0.4) is 0 Å². The van der Waals surface area contributed by atoms with Crippen LogP contribution in [-0.4, -0.2) is 84.6 Å². The van der Waals surface area contributed by atoms with Crippen molar-refractivity contribution in [2.75, 3.05) is 34.4 Å². The van der Waals surface area contributed by atoms with Crippen LogP contribution < -0.4 is 19.5 Å². The fraction of sp³-hybridized carbons (Fsp3) is 0.366. The van der Waals surface area contributed by atoms with Gasteiger partial charge in [0.2, 0.25) is 11.7 Å². The molecule has 4 aromatic carbocycles. The van der Waals surface area contributed by atoms with Gasteiger partial charge >= 0.3 is 6.03 Å². The number of hydrogen-bond donors (Lipinski definition) is 3. The van der Waals surface area contributed by atoms with Crippen molar-refractivity contribution in [3.05, 3.63) is 125 Å². The number of aliphatic hydroxyl groups is 2. The van der Waals surface area contributed by atoms with Crippen molar-refractivity contribution in [1.82, 2.24) is 15.1 Å². The topological polar surface area (TPSA) is 121 Å². The fourth-order valence-electron chi connectivity index (χ4n) is 7.47. The van der Waals surface area contributed by atoms with Gasteiger partial charge in [-0.3, -0.25) is 4.79 Å². The Kier molecular flexibility index (Phi) is 11.4. The van der Waals surface area contributed by atoms with Gasteiger partial charge in [0.15, 0.2) is 11.5 Å². The van der Waals surface area contributed by atoms with Gasteiger partial charge < -0.3 is 39.5 Å². The zero-order valence-corrected chi connectivity index (χ0v) is 29.4. The van der Waals surface area contributed by atoms with E-state index in [-0.39, 0.29) is 30.9 Å². The SMILES string of the molecule is COc1cc(CN2C[C@H](Cc3ccccc3)N(C[C@@H](O)C[C@H](Cc3ccccc3)C(=O)N[C@H]3c4ccccc4C[C@H]3O)C2=O)cc(OC)c1OC. The molecular weight excluding hydrogens is 646 g/mol. The number of amides is 3. The molecule has 268 valence electrons.